The van der Waals surface area contributed by atoms with Gasteiger partial charge >= 0.3 is 0 Å². The second kappa shape index (κ2) is 10.5. The first kappa shape index (κ1) is 25.3. The Morgan fingerprint density at radius 3 is 2.03 bits per heavy atom. The molecule has 2 rings (SSSR count). The molecule has 2 aromatic rings. The number of hydrogen-bond donors (Lipinski definition) is 1. The smallest absolute Gasteiger partial charge is 0.244 e. The molecule has 31 heavy (non-hydrogen) atoms. The van der Waals surface area contributed by atoms with Crippen LogP contribution in [0.1, 0.15) is 12.5 Å². The van der Waals surface area contributed by atoms with Crippen LogP contribution in [-0.2, 0) is 26.2 Å². The first-order chi connectivity index (χ1) is 14.4. The SMILES string of the molecule is CNC(=O)C(C)N(Cc1ccc(Cl)cc1)C(=O)CN(c1cc(Cl)cc(Cl)c1)S(C)(=O)=O. The molecule has 1 N–H and O–H groups in total. The molecular weight excluding hydrogens is 485 g/mol. The largest absolute Gasteiger partial charge is 0.357 e. The van der Waals surface area contributed by atoms with Gasteiger partial charge in [0.15, 0.2) is 0 Å². The fourth-order valence-electron chi connectivity index (χ4n) is 2.87. The molecule has 7 nitrogen and oxygen atoms in total. The Labute approximate surface area is 196 Å². The van der Waals surface area contributed by atoms with Gasteiger partial charge in [-0.2, -0.15) is 0 Å². The third kappa shape index (κ3) is 7.00. The predicted octanol–water partition coefficient (Wildman–Crippen LogP) is 3.58. The van der Waals surface area contributed by atoms with Crippen molar-refractivity contribution in [2.24, 2.45) is 0 Å². The zero-order valence-electron chi connectivity index (χ0n) is 17.1. The molecular formula is C20H22Cl3N3O4S. The molecule has 0 heterocycles. The van der Waals surface area contributed by atoms with Gasteiger partial charge in [-0.3, -0.25) is 13.9 Å². The van der Waals surface area contributed by atoms with Crippen molar-refractivity contribution in [1.82, 2.24) is 10.2 Å². The maximum absolute atomic E-state index is 13.2. The highest BCUT2D eigenvalue weighted by Gasteiger charge is 2.29. The molecule has 2 amide bonds. The summed E-state index contributed by atoms with van der Waals surface area (Å²) in [4.78, 5) is 26.8. The van der Waals surface area contributed by atoms with Gasteiger partial charge in [-0.1, -0.05) is 46.9 Å². The second-order valence-electron chi connectivity index (χ2n) is 6.84. The molecule has 0 bridgehead atoms. The number of carbonyl (C=O) groups excluding carboxylic acids is 2. The van der Waals surface area contributed by atoms with Crippen molar-refractivity contribution in [2.45, 2.75) is 19.5 Å². The zero-order valence-corrected chi connectivity index (χ0v) is 20.2. The lowest BCUT2D eigenvalue weighted by atomic mass is 10.1. The Kier molecular flexibility index (Phi) is 8.59. The summed E-state index contributed by atoms with van der Waals surface area (Å²) in [5, 5.41) is 3.48. The summed E-state index contributed by atoms with van der Waals surface area (Å²) in [7, 11) is -2.40. The molecule has 0 aliphatic heterocycles. The highest BCUT2D eigenvalue weighted by Crippen LogP contribution is 2.27. The number of rotatable bonds is 8. The maximum Gasteiger partial charge on any atom is 0.244 e. The lowest BCUT2D eigenvalue weighted by Crippen LogP contribution is -2.50. The van der Waals surface area contributed by atoms with Crippen LogP contribution in [-0.4, -0.2) is 51.0 Å². The van der Waals surface area contributed by atoms with Crippen LogP contribution in [0.2, 0.25) is 15.1 Å². The average Bonchev–Trinajstić information content (AvgIpc) is 2.68. The van der Waals surface area contributed by atoms with Crippen molar-refractivity contribution < 1.29 is 18.0 Å². The summed E-state index contributed by atoms with van der Waals surface area (Å²) in [6, 6.07) is 10.2. The Morgan fingerprint density at radius 2 is 1.55 bits per heavy atom. The van der Waals surface area contributed by atoms with Crippen LogP contribution in [0, 0.1) is 0 Å². The topological polar surface area (TPSA) is 86.8 Å². The Bertz CT molecular complexity index is 1040. The summed E-state index contributed by atoms with van der Waals surface area (Å²) in [5.41, 5.74) is 0.873. The van der Waals surface area contributed by atoms with Crippen molar-refractivity contribution >= 4 is 62.3 Å². The van der Waals surface area contributed by atoms with Crippen molar-refractivity contribution in [2.75, 3.05) is 24.2 Å². The molecule has 0 fully saturated rings. The number of amides is 2. The van der Waals surface area contributed by atoms with Crippen molar-refractivity contribution in [3.05, 3.63) is 63.1 Å². The fourth-order valence-corrected chi connectivity index (χ4v) is 4.35. The number of anilines is 1. The van der Waals surface area contributed by atoms with Crippen molar-refractivity contribution in [3.8, 4) is 0 Å². The summed E-state index contributed by atoms with van der Waals surface area (Å²) in [6.45, 7) is 1.11. The van der Waals surface area contributed by atoms with Crippen LogP contribution >= 0.6 is 34.8 Å². The minimum atomic E-state index is -3.86. The minimum absolute atomic E-state index is 0.0818. The van der Waals surface area contributed by atoms with Crippen LogP contribution in [0.25, 0.3) is 0 Å². The van der Waals surface area contributed by atoms with Gasteiger partial charge in [0.25, 0.3) is 0 Å². The lowest BCUT2D eigenvalue weighted by Gasteiger charge is -2.31. The molecule has 0 radical (unpaired) electrons. The van der Waals surface area contributed by atoms with Crippen molar-refractivity contribution in [1.29, 1.82) is 0 Å². The predicted molar refractivity (Wildman–Crippen MR) is 124 cm³/mol. The average molecular weight is 507 g/mol. The number of halogens is 3. The van der Waals surface area contributed by atoms with Crippen LogP contribution in [0.3, 0.4) is 0 Å². The van der Waals surface area contributed by atoms with Gasteiger partial charge in [0, 0.05) is 28.7 Å². The van der Waals surface area contributed by atoms with Gasteiger partial charge in [0.2, 0.25) is 21.8 Å². The quantitative estimate of drug-likeness (QED) is 0.593. The van der Waals surface area contributed by atoms with E-state index in [-0.39, 0.29) is 28.2 Å². The van der Waals surface area contributed by atoms with E-state index in [9.17, 15) is 18.0 Å². The number of nitrogens with zero attached hydrogens (tertiary/aromatic N) is 2. The van der Waals surface area contributed by atoms with Gasteiger partial charge in [-0.05, 0) is 42.8 Å². The van der Waals surface area contributed by atoms with Gasteiger partial charge < -0.3 is 10.2 Å². The van der Waals surface area contributed by atoms with E-state index in [0.29, 0.717) is 5.02 Å². The van der Waals surface area contributed by atoms with E-state index in [1.807, 2.05) is 0 Å². The number of likely N-dealkylation sites (N-methyl/N-ethyl adjacent to an activating group) is 1. The molecule has 0 aromatic heterocycles. The molecule has 0 spiro atoms. The van der Waals surface area contributed by atoms with Crippen LogP contribution in [0.4, 0.5) is 5.69 Å². The van der Waals surface area contributed by atoms with E-state index in [2.05, 4.69) is 5.32 Å². The van der Waals surface area contributed by atoms with Gasteiger partial charge in [-0.15, -0.1) is 0 Å². The maximum atomic E-state index is 13.2. The van der Waals surface area contributed by atoms with Gasteiger partial charge in [0.05, 0.1) is 11.9 Å². The third-order valence-corrected chi connectivity index (χ3v) is 6.32. The Hall–Kier alpha value is -2.00. The zero-order chi connectivity index (χ0) is 23.3. The Balaban J connectivity index is 2.40. The minimum Gasteiger partial charge on any atom is -0.357 e. The molecule has 0 saturated carbocycles. The second-order valence-corrected chi connectivity index (χ2v) is 10.1. The normalized spacial score (nSPS) is 12.2. The molecule has 0 aliphatic rings. The highest BCUT2D eigenvalue weighted by molar-refractivity contribution is 7.92. The lowest BCUT2D eigenvalue weighted by molar-refractivity contribution is -0.139. The van der Waals surface area contributed by atoms with Gasteiger partial charge in [0.1, 0.15) is 12.6 Å². The van der Waals surface area contributed by atoms with Crippen LogP contribution in [0.5, 0.6) is 0 Å². The Morgan fingerprint density at radius 1 is 1.00 bits per heavy atom. The molecule has 2 aromatic carbocycles. The summed E-state index contributed by atoms with van der Waals surface area (Å²) < 4.78 is 25.8. The van der Waals surface area contributed by atoms with Crippen LogP contribution < -0.4 is 9.62 Å². The monoisotopic (exact) mass is 505 g/mol. The molecule has 0 saturated heterocycles. The first-order valence-electron chi connectivity index (χ1n) is 9.11. The molecule has 1 atom stereocenters. The first-order valence-corrected chi connectivity index (χ1v) is 12.1. The number of carbonyl (C=O) groups is 2. The van der Waals surface area contributed by atoms with Gasteiger partial charge in [-0.25, -0.2) is 8.42 Å². The standard InChI is InChI=1S/C20H22Cl3N3O4S/c1-13(20(28)24-2)25(11-14-4-6-15(21)7-5-14)19(27)12-26(31(3,29)30)18-9-16(22)8-17(23)10-18/h4-10,13H,11-12H2,1-3H3,(H,24,28). The number of sulfonamides is 1. The third-order valence-electron chi connectivity index (χ3n) is 4.49. The number of benzene rings is 2. The fraction of sp³-hybridized carbons (Fsp3) is 0.300. The molecule has 11 heteroatoms. The van der Waals surface area contributed by atoms with E-state index in [0.717, 1.165) is 16.1 Å². The molecule has 1 unspecified atom stereocenters. The van der Waals surface area contributed by atoms with E-state index < -0.39 is 28.5 Å². The molecule has 0 aliphatic carbocycles. The van der Waals surface area contributed by atoms with E-state index >= 15 is 0 Å². The van der Waals surface area contributed by atoms with Crippen LogP contribution in [0.15, 0.2) is 42.5 Å². The highest BCUT2D eigenvalue weighted by atomic mass is 35.5. The summed E-state index contributed by atoms with van der Waals surface area (Å²) in [6.07, 6.45) is 0.973. The summed E-state index contributed by atoms with van der Waals surface area (Å²) in [5.74, 6) is -0.966. The summed E-state index contributed by atoms with van der Waals surface area (Å²) >= 11 is 17.9. The number of nitrogens with one attached hydrogen (secondary N) is 1. The van der Waals surface area contributed by atoms with E-state index in [1.54, 1.807) is 31.2 Å². The van der Waals surface area contributed by atoms with E-state index in [4.69, 9.17) is 34.8 Å². The molecule has 168 valence electrons. The van der Waals surface area contributed by atoms with E-state index in [1.165, 1.54) is 30.1 Å². The number of hydrogen-bond acceptors (Lipinski definition) is 4. The van der Waals surface area contributed by atoms with Crippen molar-refractivity contribution in [3.63, 3.8) is 0 Å².